The molecule has 0 amide bonds. The fraction of sp³-hybridized carbons (Fsp3) is 0.0625. The SMILES string of the molecule is CC(=O)c1ccccc1-n1cc(O)c2ccc(Cl)cc21. The highest BCUT2D eigenvalue weighted by Gasteiger charge is 2.13. The van der Waals surface area contributed by atoms with E-state index in [0.717, 1.165) is 11.2 Å². The lowest BCUT2D eigenvalue weighted by Crippen LogP contribution is -2.02. The smallest absolute Gasteiger partial charge is 0.161 e. The van der Waals surface area contributed by atoms with E-state index in [1.54, 1.807) is 35.0 Å². The van der Waals surface area contributed by atoms with E-state index in [9.17, 15) is 9.90 Å². The molecule has 0 bridgehead atoms. The van der Waals surface area contributed by atoms with Crippen LogP contribution in [0, 0.1) is 0 Å². The van der Waals surface area contributed by atoms with E-state index in [2.05, 4.69) is 0 Å². The second kappa shape index (κ2) is 4.69. The van der Waals surface area contributed by atoms with E-state index in [-0.39, 0.29) is 11.5 Å². The summed E-state index contributed by atoms with van der Waals surface area (Å²) in [5.74, 6) is 0.138. The van der Waals surface area contributed by atoms with Gasteiger partial charge in [0.2, 0.25) is 0 Å². The maximum Gasteiger partial charge on any atom is 0.161 e. The van der Waals surface area contributed by atoms with Crippen LogP contribution >= 0.6 is 11.6 Å². The Bertz CT molecular complexity index is 820. The number of aromatic nitrogens is 1. The summed E-state index contributed by atoms with van der Waals surface area (Å²) in [5, 5.41) is 11.3. The van der Waals surface area contributed by atoms with Gasteiger partial charge in [0.1, 0.15) is 5.75 Å². The van der Waals surface area contributed by atoms with Crippen molar-refractivity contribution in [2.45, 2.75) is 6.92 Å². The van der Waals surface area contributed by atoms with Crippen LogP contribution < -0.4 is 0 Å². The van der Waals surface area contributed by atoms with Crippen molar-refractivity contribution in [1.82, 2.24) is 4.57 Å². The summed E-state index contributed by atoms with van der Waals surface area (Å²) in [7, 11) is 0. The molecule has 3 nitrogen and oxygen atoms in total. The summed E-state index contributed by atoms with van der Waals surface area (Å²) in [6.45, 7) is 1.53. The second-order valence-electron chi connectivity index (χ2n) is 4.62. The maximum atomic E-state index is 11.7. The molecular weight excluding hydrogens is 274 g/mol. The number of fused-ring (bicyclic) bond motifs is 1. The number of hydrogen-bond acceptors (Lipinski definition) is 2. The van der Waals surface area contributed by atoms with Crippen molar-refractivity contribution in [2.24, 2.45) is 0 Å². The number of benzene rings is 2. The van der Waals surface area contributed by atoms with Crippen molar-refractivity contribution in [1.29, 1.82) is 0 Å². The number of aromatic hydroxyl groups is 1. The Balaban J connectivity index is 2.36. The Morgan fingerprint density at radius 2 is 1.95 bits per heavy atom. The lowest BCUT2D eigenvalue weighted by molar-refractivity contribution is 0.101. The third-order valence-electron chi connectivity index (χ3n) is 3.29. The molecule has 1 heterocycles. The Kier molecular flexibility index (Phi) is 2.99. The van der Waals surface area contributed by atoms with Crippen molar-refractivity contribution in [3.05, 3.63) is 59.2 Å². The summed E-state index contributed by atoms with van der Waals surface area (Å²) < 4.78 is 1.78. The van der Waals surface area contributed by atoms with Crippen LogP contribution in [0.4, 0.5) is 0 Å². The first-order chi connectivity index (χ1) is 9.58. The summed E-state index contributed by atoms with van der Waals surface area (Å²) in [6.07, 6.45) is 1.60. The van der Waals surface area contributed by atoms with E-state index in [4.69, 9.17) is 11.6 Å². The molecule has 0 unspecified atom stereocenters. The maximum absolute atomic E-state index is 11.7. The van der Waals surface area contributed by atoms with Crippen molar-refractivity contribution in [3.8, 4) is 11.4 Å². The number of para-hydroxylation sites is 1. The fourth-order valence-electron chi connectivity index (χ4n) is 2.36. The number of nitrogens with zero attached hydrogens (tertiary/aromatic N) is 1. The first-order valence-electron chi connectivity index (χ1n) is 6.18. The number of carbonyl (C=O) groups is 1. The van der Waals surface area contributed by atoms with E-state index in [0.29, 0.717) is 16.0 Å². The number of hydrogen-bond donors (Lipinski definition) is 1. The van der Waals surface area contributed by atoms with Crippen molar-refractivity contribution >= 4 is 28.3 Å². The molecule has 0 aliphatic rings. The Morgan fingerprint density at radius 1 is 1.20 bits per heavy atom. The molecule has 4 heteroatoms. The third kappa shape index (κ3) is 1.96. The molecule has 0 saturated carbocycles. The lowest BCUT2D eigenvalue weighted by atomic mass is 10.1. The Hall–Kier alpha value is -2.26. The lowest BCUT2D eigenvalue weighted by Gasteiger charge is -2.09. The van der Waals surface area contributed by atoms with Gasteiger partial charge < -0.3 is 9.67 Å². The summed E-state index contributed by atoms with van der Waals surface area (Å²) >= 11 is 6.03. The predicted molar refractivity (Wildman–Crippen MR) is 80.0 cm³/mol. The highest BCUT2D eigenvalue weighted by Crippen LogP contribution is 2.32. The zero-order chi connectivity index (χ0) is 14.3. The normalized spacial score (nSPS) is 10.9. The number of Topliss-reactive ketones (excluding diaryl/α,β-unsaturated/α-hetero) is 1. The second-order valence-corrected chi connectivity index (χ2v) is 5.06. The van der Waals surface area contributed by atoms with Crippen molar-refractivity contribution in [3.63, 3.8) is 0 Å². The zero-order valence-corrected chi connectivity index (χ0v) is 11.6. The van der Waals surface area contributed by atoms with Crippen LogP contribution in [0.1, 0.15) is 17.3 Å². The number of carbonyl (C=O) groups excluding carboxylic acids is 1. The highest BCUT2D eigenvalue weighted by atomic mass is 35.5. The highest BCUT2D eigenvalue weighted by molar-refractivity contribution is 6.31. The summed E-state index contributed by atoms with van der Waals surface area (Å²) in [5.41, 5.74) is 2.10. The quantitative estimate of drug-likeness (QED) is 0.717. The van der Waals surface area contributed by atoms with Crippen LogP contribution in [-0.4, -0.2) is 15.5 Å². The predicted octanol–water partition coefficient (Wildman–Crippen LogP) is 4.19. The van der Waals surface area contributed by atoms with Gasteiger partial charge in [-0.2, -0.15) is 0 Å². The molecule has 0 spiro atoms. The standard InChI is InChI=1S/C16H12ClNO2/c1-10(19)12-4-2-3-5-14(12)18-9-16(20)13-7-6-11(17)8-15(13)18/h2-9,20H,1H3. The molecule has 3 rings (SSSR count). The van der Waals surface area contributed by atoms with Gasteiger partial charge in [-0.3, -0.25) is 4.79 Å². The molecule has 1 aromatic heterocycles. The van der Waals surface area contributed by atoms with Gasteiger partial charge in [0, 0.05) is 16.0 Å². The fourth-order valence-corrected chi connectivity index (χ4v) is 2.53. The molecule has 1 N–H and O–H groups in total. The molecule has 3 aromatic rings. The van der Waals surface area contributed by atoms with E-state index in [1.165, 1.54) is 6.92 Å². The van der Waals surface area contributed by atoms with Crippen LogP contribution in [0.3, 0.4) is 0 Å². The topological polar surface area (TPSA) is 42.2 Å². The average Bonchev–Trinajstić information content (AvgIpc) is 2.75. The van der Waals surface area contributed by atoms with Gasteiger partial charge in [0.25, 0.3) is 0 Å². The third-order valence-corrected chi connectivity index (χ3v) is 3.52. The van der Waals surface area contributed by atoms with Crippen LogP contribution in [0.5, 0.6) is 5.75 Å². The van der Waals surface area contributed by atoms with Crippen LogP contribution in [0.25, 0.3) is 16.6 Å². The van der Waals surface area contributed by atoms with Gasteiger partial charge in [-0.05, 0) is 37.3 Å². The minimum atomic E-state index is -0.0241. The largest absolute Gasteiger partial charge is 0.506 e. The van der Waals surface area contributed by atoms with Crippen LogP contribution in [0.15, 0.2) is 48.7 Å². The van der Waals surface area contributed by atoms with E-state index < -0.39 is 0 Å². The van der Waals surface area contributed by atoms with Crippen LogP contribution in [0.2, 0.25) is 5.02 Å². The molecule has 0 aliphatic carbocycles. The van der Waals surface area contributed by atoms with Gasteiger partial charge in [-0.15, -0.1) is 0 Å². The van der Waals surface area contributed by atoms with Crippen molar-refractivity contribution < 1.29 is 9.90 Å². The van der Waals surface area contributed by atoms with E-state index >= 15 is 0 Å². The number of rotatable bonds is 2. The first kappa shape index (κ1) is 12.8. The molecule has 0 saturated heterocycles. The van der Waals surface area contributed by atoms with Gasteiger partial charge in [-0.1, -0.05) is 23.7 Å². The molecule has 0 aliphatic heterocycles. The first-order valence-corrected chi connectivity index (χ1v) is 6.55. The molecule has 0 atom stereocenters. The molecule has 2 aromatic carbocycles. The zero-order valence-electron chi connectivity index (χ0n) is 10.8. The Labute approximate surface area is 121 Å². The number of halogens is 1. The van der Waals surface area contributed by atoms with Gasteiger partial charge in [-0.25, -0.2) is 0 Å². The van der Waals surface area contributed by atoms with E-state index in [1.807, 2.05) is 18.2 Å². The van der Waals surface area contributed by atoms with Gasteiger partial charge in [0.15, 0.2) is 5.78 Å². The van der Waals surface area contributed by atoms with Gasteiger partial charge in [0.05, 0.1) is 17.4 Å². The van der Waals surface area contributed by atoms with Gasteiger partial charge >= 0.3 is 0 Å². The minimum Gasteiger partial charge on any atom is -0.506 e. The van der Waals surface area contributed by atoms with Crippen LogP contribution in [-0.2, 0) is 0 Å². The summed E-state index contributed by atoms with van der Waals surface area (Å²) in [6, 6.07) is 12.5. The minimum absolute atomic E-state index is 0.0241. The molecule has 0 fully saturated rings. The molecule has 20 heavy (non-hydrogen) atoms. The number of ketones is 1. The summed E-state index contributed by atoms with van der Waals surface area (Å²) in [4.78, 5) is 11.7. The van der Waals surface area contributed by atoms with Crippen molar-refractivity contribution in [2.75, 3.05) is 0 Å². The average molecular weight is 286 g/mol. The molecule has 100 valence electrons. The molecule has 0 radical (unpaired) electrons. The monoisotopic (exact) mass is 285 g/mol. The molecular formula is C16H12ClNO2. The Morgan fingerprint density at radius 3 is 2.70 bits per heavy atom.